The molecule has 118 valence electrons. The van der Waals surface area contributed by atoms with Crippen LogP contribution in [0.3, 0.4) is 0 Å². The van der Waals surface area contributed by atoms with E-state index < -0.39 is 8.32 Å². The van der Waals surface area contributed by atoms with E-state index in [1.165, 1.54) is 0 Å². The summed E-state index contributed by atoms with van der Waals surface area (Å²) in [7, 11) is -1.65. The lowest BCUT2D eigenvalue weighted by Crippen LogP contribution is -2.44. The Hall–Kier alpha value is -0.136. The number of carbonyl (C=O) groups excluding carboxylic acids is 1. The van der Waals surface area contributed by atoms with Crippen LogP contribution < -0.4 is 0 Å². The van der Waals surface area contributed by atoms with E-state index in [4.69, 9.17) is 8.85 Å². The van der Waals surface area contributed by atoms with E-state index >= 15 is 0 Å². The van der Waals surface area contributed by atoms with E-state index in [9.17, 15) is 4.79 Å². The van der Waals surface area contributed by atoms with Crippen molar-refractivity contribution in [2.45, 2.75) is 84.7 Å². The SMILES string of the molecule is CC(C[Si]OC(C)(C)C)C(=O)O[Si](C)(C(C)C)C(C)C. The third kappa shape index (κ3) is 6.54. The van der Waals surface area contributed by atoms with Crippen molar-refractivity contribution in [3.8, 4) is 0 Å². The zero-order valence-electron chi connectivity index (χ0n) is 14.7. The molecule has 5 heteroatoms. The van der Waals surface area contributed by atoms with E-state index in [2.05, 4.69) is 34.2 Å². The minimum absolute atomic E-state index is 0.0495. The van der Waals surface area contributed by atoms with Gasteiger partial charge >= 0.3 is 0 Å². The summed E-state index contributed by atoms with van der Waals surface area (Å²) in [5.41, 5.74) is 0.736. The standard InChI is InChI=1S/C15H32O3Si2/c1-11(2)20(9,12(3)4)17-14(16)13(5)10-19-18-15(6,7)8/h11-13H,10H2,1-9H3. The summed E-state index contributed by atoms with van der Waals surface area (Å²) in [6.45, 7) is 18.9. The summed E-state index contributed by atoms with van der Waals surface area (Å²) in [5.74, 6) is -0.133. The number of hydrogen-bond donors (Lipinski definition) is 0. The van der Waals surface area contributed by atoms with Crippen molar-refractivity contribution in [1.29, 1.82) is 0 Å². The van der Waals surface area contributed by atoms with E-state index in [0.29, 0.717) is 20.8 Å². The molecule has 0 aliphatic rings. The molecule has 2 radical (unpaired) electrons. The van der Waals surface area contributed by atoms with Crippen LogP contribution in [0.4, 0.5) is 0 Å². The Morgan fingerprint density at radius 3 is 1.90 bits per heavy atom. The zero-order valence-corrected chi connectivity index (χ0v) is 16.7. The van der Waals surface area contributed by atoms with Gasteiger partial charge in [0.15, 0.2) is 0 Å². The molecule has 0 saturated carbocycles. The van der Waals surface area contributed by atoms with Gasteiger partial charge in [-0.2, -0.15) is 0 Å². The molecular weight excluding hydrogens is 284 g/mol. The molecule has 20 heavy (non-hydrogen) atoms. The van der Waals surface area contributed by atoms with Gasteiger partial charge in [0.2, 0.25) is 9.76 Å². The molecular formula is C15H32O3Si2. The van der Waals surface area contributed by atoms with Crippen LogP contribution in [-0.4, -0.2) is 29.7 Å². The highest BCUT2D eigenvalue weighted by molar-refractivity contribution is 6.76. The van der Waals surface area contributed by atoms with Gasteiger partial charge in [-0.15, -0.1) is 0 Å². The second-order valence-electron chi connectivity index (χ2n) is 7.38. The first kappa shape index (κ1) is 19.9. The molecule has 0 rings (SSSR count). The number of hydrogen-bond acceptors (Lipinski definition) is 3. The van der Waals surface area contributed by atoms with Gasteiger partial charge in [-0.05, 0) is 44.4 Å². The Balaban J connectivity index is 4.45. The van der Waals surface area contributed by atoms with Crippen LogP contribution in [0.1, 0.15) is 55.4 Å². The molecule has 1 unspecified atom stereocenters. The van der Waals surface area contributed by atoms with Crippen LogP contribution in [0.2, 0.25) is 23.7 Å². The van der Waals surface area contributed by atoms with Crippen LogP contribution in [0.5, 0.6) is 0 Å². The van der Waals surface area contributed by atoms with Gasteiger partial charge in [-0.3, -0.25) is 4.79 Å². The number of carbonyl (C=O) groups is 1. The fraction of sp³-hybridized carbons (Fsp3) is 0.933. The van der Waals surface area contributed by atoms with Gasteiger partial charge in [-0.1, -0.05) is 34.6 Å². The minimum atomic E-state index is -1.99. The maximum absolute atomic E-state index is 12.3. The molecule has 0 aromatic heterocycles. The van der Waals surface area contributed by atoms with E-state index in [1.54, 1.807) is 0 Å². The summed E-state index contributed by atoms with van der Waals surface area (Å²) >= 11 is 0. The lowest BCUT2D eigenvalue weighted by atomic mass is 10.2. The van der Waals surface area contributed by atoms with Crippen LogP contribution in [-0.2, 0) is 13.6 Å². The average molecular weight is 317 g/mol. The summed E-state index contributed by atoms with van der Waals surface area (Å²) in [5, 5.41) is 0. The third-order valence-corrected chi connectivity index (χ3v) is 10.5. The summed E-state index contributed by atoms with van der Waals surface area (Å²) in [6.07, 6.45) is 0. The van der Waals surface area contributed by atoms with Gasteiger partial charge in [0.05, 0.1) is 5.92 Å². The van der Waals surface area contributed by atoms with Crippen molar-refractivity contribution in [1.82, 2.24) is 0 Å². The Bertz CT molecular complexity index is 301. The highest BCUT2D eigenvalue weighted by Gasteiger charge is 2.41. The predicted molar refractivity (Wildman–Crippen MR) is 88.5 cm³/mol. The Labute approximate surface area is 128 Å². The summed E-state index contributed by atoms with van der Waals surface area (Å²) < 4.78 is 11.7. The highest BCUT2D eigenvalue weighted by atomic mass is 28.4. The van der Waals surface area contributed by atoms with Crippen molar-refractivity contribution < 1.29 is 13.6 Å². The number of rotatable bonds is 7. The van der Waals surface area contributed by atoms with Crippen molar-refractivity contribution in [2.75, 3.05) is 0 Å². The predicted octanol–water partition coefficient (Wildman–Crippen LogP) is 4.41. The molecule has 0 heterocycles. The van der Waals surface area contributed by atoms with E-state index in [0.717, 1.165) is 6.04 Å². The van der Waals surface area contributed by atoms with E-state index in [-0.39, 0.29) is 17.5 Å². The van der Waals surface area contributed by atoms with Gasteiger partial charge in [0.1, 0.15) is 0 Å². The molecule has 0 fully saturated rings. The molecule has 0 aromatic carbocycles. The highest BCUT2D eigenvalue weighted by Crippen LogP contribution is 2.34. The Morgan fingerprint density at radius 1 is 1.10 bits per heavy atom. The first-order chi connectivity index (χ1) is 8.90. The normalized spacial score (nSPS) is 14.8. The fourth-order valence-electron chi connectivity index (χ4n) is 1.69. The largest absolute Gasteiger partial charge is 0.519 e. The van der Waals surface area contributed by atoms with Gasteiger partial charge in [0.25, 0.3) is 14.3 Å². The van der Waals surface area contributed by atoms with Crippen LogP contribution >= 0.6 is 0 Å². The lowest BCUT2D eigenvalue weighted by Gasteiger charge is -2.35. The minimum Gasteiger partial charge on any atom is -0.519 e. The van der Waals surface area contributed by atoms with E-state index in [1.807, 2.05) is 27.7 Å². The maximum Gasteiger partial charge on any atom is 0.295 e. The molecule has 0 aromatic rings. The molecule has 0 spiro atoms. The smallest absolute Gasteiger partial charge is 0.295 e. The fourth-order valence-corrected chi connectivity index (χ4v) is 5.06. The van der Waals surface area contributed by atoms with Crippen molar-refractivity contribution >= 4 is 24.0 Å². The quantitative estimate of drug-likeness (QED) is 0.652. The summed E-state index contributed by atoms with van der Waals surface area (Å²) in [6, 6.07) is 0.747. The first-order valence-corrected chi connectivity index (χ1v) is 11.2. The molecule has 0 aliphatic carbocycles. The van der Waals surface area contributed by atoms with Gasteiger partial charge in [0, 0.05) is 5.60 Å². The Morgan fingerprint density at radius 2 is 1.55 bits per heavy atom. The molecule has 0 N–H and O–H groups in total. The Kier molecular flexibility index (Phi) is 7.70. The van der Waals surface area contributed by atoms with Crippen LogP contribution in [0.25, 0.3) is 0 Å². The molecule has 0 aliphatic heterocycles. The van der Waals surface area contributed by atoms with Gasteiger partial charge in [-0.25, -0.2) is 0 Å². The average Bonchev–Trinajstić information content (AvgIpc) is 2.26. The zero-order chi connectivity index (χ0) is 16.1. The molecule has 1 atom stereocenters. The van der Waals surface area contributed by atoms with Crippen LogP contribution in [0.15, 0.2) is 0 Å². The van der Waals surface area contributed by atoms with Crippen molar-refractivity contribution in [2.24, 2.45) is 5.92 Å². The summed E-state index contributed by atoms with van der Waals surface area (Å²) in [4.78, 5) is 12.3. The first-order valence-electron chi connectivity index (χ1n) is 7.54. The molecule has 0 amide bonds. The third-order valence-electron chi connectivity index (χ3n) is 3.78. The second-order valence-corrected chi connectivity index (χ2v) is 13.2. The van der Waals surface area contributed by atoms with Crippen molar-refractivity contribution in [3.05, 3.63) is 0 Å². The maximum atomic E-state index is 12.3. The van der Waals surface area contributed by atoms with Gasteiger partial charge < -0.3 is 8.85 Å². The topological polar surface area (TPSA) is 35.5 Å². The second kappa shape index (κ2) is 7.75. The molecule has 0 saturated heterocycles. The van der Waals surface area contributed by atoms with Crippen LogP contribution in [0, 0.1) is 5.92 Å². The lowest BCUT2D eigenvalue weighted by molar-refractivity contribution is -0.139. The van der Waals surface area contributed by atoms with Crippen molar-refractivity contribution in [3.63, 3.8) is 0 Å². The molecule has 3 nitrogen and oxygen atoms in total. The molecule has 0 bridgehead atoms. The monoisotopic (exact) mass is 316 g/mol.